The van der Waals surface area contributed by atoms with E-state index >= 15 is 0 Å². The number of carbonyl (C=O) groups is 2. The summed E-state index contributed by atoms with van der Waals surface area (Å²) in [5, 5.41) is 11.6. The third-order valence-electron chi connectivity index (χ3n) is 3.26. The topological polar surface area (TPSA) is 102 Å². The maximum atomic E-state index is 11.8. The fraction of sp³-hybridized carbons (Fsp3) is 0.833. The molecule has 0 aromatic rings. The minimum absolute atomic E-state index is 0.144. The van der Waals surface area contributed by atoms with E-state index in [-0.39, 0.29) is 37.0 Å². The van der Waals surface area contributed by atoms with Crippen LogP contribution in [0.1, 0.15) is 27.2 Å². The SMILES string of the molecule is CC(C)(C)C(N)CC(=O)NC1COCC1C(=O)O. The lowest BCUT2D eigenvalue weighted by molar-refractivity contribution is -0.142. The standard InChI is InChI=1S/C12H22N2O4/c1-12(2,3)9(13)4-10(15)14-8-6-18-5-7(8)11(16)17/h7-9H,4-6,13H2,1-3H3,(H,14,15)(H,16,17). The van der Waals surface area contributed by atoms with Crippen molar-refractivity contribution in [1.82, 2.24) is 5.32 Å². The van der Waals surface area contributed by atoms with Gasteiger partial charge in [0.2, 0.25) is 5.91 Å². The van der Waals surface area contributed by atoms with E-state index < -0.39 is 17.9 Å². The summed E-state index contributed by atoms with van der Waals surface area (Å²) in [5.41, 5.74) is 5.75. The van der Waals surface area contributed by atoms with Crippen molar-refractivity contribution in [1.29, 1.82) is 0 Å². The van der Waals surface area contributed by atoms with Crippen LogP contribution in [0.25, 0.3) is 0 Å². The van der Waals surface area contributed by atoms with Gasteiger partial charge in [-0.05, 0) is 5.41 Å². The second kappa shape index (κ2) is 5.67. The summed E-state index contributed by atoms with van der Waals surface area (Å²) in [6, 6.07) is -0.717. The molecule has 0 aromatic heterocycles. The number of carbonyl (C=O) groups excluding carboxylic acids is 1. The maximum absolute atomic E-state index is 11.8. The molecule has 0 aromatic carbocycles. The number of ether oxygens (including phenoxy) is 1. The van der Waals surface area contributed by atoms with Gasteiger partial charge in [0.05, 0.1) is 19.3 Å². The minimum atomic E-state index is -0.946. The Labute approximate surface area is 107 Å². The molecule has 0 radical (unpaired) electrons. The molecule has 104 valence electrons. The molecule has 6 nitrogen and oxygen atoms in total. The molecule has 1 saturated heterocycles. The highest BCUT2D eigenvalue weighted by Crippen LogP contribution is 2.20. The highest BCUT2D eigenvalue weighted by Gasteiger charge is 2.35. The number of hydrogen-bond donors (Lipinski definition) is 3. The Morgan fingerprint density at radius 1 is 1.44 bits per heavy atom. The van der Waals surface area contributed by atoms with Crippen LogP contribution in [0, 0.1) is 11.3 Å². The molecule has 3 unspecified atom stereocenters. The van der Waals surface area contributed by atoms with Crippen LogP contribution in [0.15, 0.2) is 0 Å². The first-order valence-corrected chi connectivity index (χ1v) is 6.07. The number of hydrogen-bond acceptors (Lipinski definition) is 4. The van der Waals surface area contributed by atoms with Crippen LogP contribution in [0.4, 0.5) is 0 Å². The Bertz CT molecular complexity index is 325. The van der Waals surface area contributed by atoms with Gasteiger partial charge in [-0.3, -0.25) is 9.59 Å². The van der Waals surface area contributed by atoms with Gasteiger partial charge in [-0.2, -0.15) is 0 Å². The molecule has 0 aliphatic carbocycles. The van der Waals surface area contributed by atoms with Crippen molar-refractivity contribution in [3.63, 3.8) is 0 Å². The average Bonchev–Trinajstić information content (AvgIpc) is 2.63. The summed E-state index contributed by atoms with van der Waals surface area (Å²) in [7, 11) is 0. The van der Waals surface area contributed by atoms with E-state index in [1.54, 1.807) is 0 Å². The summed E-state index contributed by atoms with van der Waals surface area (Å²) in [4.78, 5) is 22.7. The molecular weight excluding hydrogens is 236 g/mol. The zero-order chi connectivity index (χ0) is 13.9. The zero-order valence-corrected chi connectivity index (χ0v) is 11.1. The van der Waals surface area contributed by atoms with Crippen molar-refractivity contribution in [2.75, 3.05) is 13.2 Å². The first-order chi connectivity index (χ1) is 8.21. The average molecular weight is 258 g/mol. The van der Waals surface area contributed by atoms with Gasteiger partial charge in [0, 0.05) is 12.5 Å². The third-order valence-corrected chi connectivity index (χ3v) is 3.26. The molecule has 1 fully saturated rings. The molecule has 18 heavy (non-hydrogen) atoms. The van der Waals surface area contributed by atoms with Crippen molar-refractivity contribution in [3.05, 3.63) is 0 Å². The van der Waals surface area contributed by atoms with Crippen LogP contribution in [0.5, 0.6) is 0 Å². The molecule has 0 bridgehead atoms. The quantitative estimate of drug-likeness (QED) is 0.657. The van der Waals surface area contributed by atoms with Crippen molar-refractivity contribution in [2.24, 2.45) is 17.1 Å². The van der Waals surface area contributed by atoms with Crippen LogP contribution >= 0.6 is 0 Å². The minimum Gasteiger partial charge on any atom is -0.481 e. The number of rotatable bonds is 4. The molecule has 6 heteroatoms. The van der Waals surface area contributed by atoms with E-state index in [9.17, 15) is 9.59 Å². The maximum Gasteiger partial charge on any atom is 0.311 e. The molecule has 3 atom stereocenters. The predicted octanol–water partition coefficient (Wildman–Crippen LogP) is -0.0343. The number of carboxylic acids is 1. The molecule has 1 heterocycles. The van der Waals surface area contributed by atoms with Crippen molar-refractivity contribution < 1.29 is 19.4 Å². The molecule has 1 rings (SSSR count). The molecule has 1 aliphatic rings. The van der Waals surface area contributed by atoms with E-state index in [1.807, 2.05) is 20.8 Å². The number of aliphatic carboxylic acids is 1. The Morgan fingerprint density at radius 2 is 2.06 bits per heavy atom. The Morgan fingerprint density at radius 3 is 2.56 bits per heavy atom. The van der Waals surface area contributed by atoms with Gasteiger partial charge in [0.25, 0.3) is 0 Å². The normalized spacial score (nSPS) is 25.8. The van der Waals surface area contributed by atoms with E-state index in [0.29, 0.717) is 0 Å². The van der Waals surface area contributed by atoms with Crippen molar-refractivity contribution in [2.45, 2.75) is 39.3 Å². The first kappa shape index (κ1) is 14.9. The van der Waals surface area contributed by atoms with E-state index in [2.05, 4.69) is 5.32 Å². The van der Waals surface area contributed by atoms with Gasteiger partial charge in [0.15, 0.2) is 0 Å². The lowest BCUT2D eigenvalue weighted by Crippen LogP contribution is -2.46. The van der Waals surface area contributed by atoms with Crippen LogP contribution in [0.2, 0.25) is 0 Å². The van der Waals surface area contributed by atoms with Crippen LogP contribution in [-0.2, 0) is 14.3 Å². The summed E-state index contributed by atoms with van der Waals surface area (Å²) < 4.78 is 5.08. The summed E-state index contributed by atoms with van der Waals surface area (Å²) >= 11 is 0. The third kappa shape index (κ3) is 3.96. The summed E-state index contributed by atoms with van der Waals surface area (Å²) in [5.74, 6) is -1.84. The van der Waals surface area contributed by atoms with Gasteiger partial charge in [0.1, 0.15) is 5.92 Å². The predicted molar refractivity (Wildman–Crippen MR) is 65.9 cm³/mol. The molecular formula is C12H22N2O4. The van der Waals surface area contributed by atoms with Gasteiger partial charge in [-0.1, -0.05) is 20.8 Å². The fourth-order valence-electron chi connectivity index (χ4n) is 1.71. The molecule has 4 N–H and O–H groups in total. The number of carboxylic acid groups (broad SMARTS) is 1. The number of nitrogens with two attached hydrogens (primary N) is 1. The Balaban J connectivity index is 2.48. The molecule has 0 saturated carbocycles. The van der Waals surface area contributed by atoms with Crippen molar-refractivity contribution >= 4 is 11.9 Å². The fourth-order valence-corrected chi connectivity index (χ4v) is 1.71. The second-order valence-corrected chi connectivity index (χ2v) is 5.83. The number of nitrogens with one attached hydrogen (secondary N) is 1. The highest BCUT2D eigenvalue weighted by atomic mass is 16.5. The number of amides is 1. The Hall–Kier alpha value is -1.14. The van der Waals surface area contributed by atoms with Gasteiger partial charge in [-0.15, -0.1) is 0 Å². The molecule has 1 amide bonds. The lowest BCUT2D eigenvalue weighted by Gasteiger charge is -2.27. The van der Waals surface area contributed by atoms with Crippen LogP contribution in [-0.4, -0.2) is 42.3 Å². The highest BCUT2D eigenvalue weighted by molar-refractivity contribution is 5.79. The largest absolute Gasteiger partial charge is 0.481 e. The van der Waals surface area contributed by atoms with Crippen LogP contribution < -0.4 is 11.1 Å². The lowest BCUT2D eigenvalue weighted by atomic mass is 9.85. The van der Waals surface area contributed by atoms with E-state index in [1.165, 1.54) is 0 Å². The Kier molecular flexibility index (Phi) is 4.70. The molecule has 0 spiro atoms. The molecule has 1 aliphatic heterocycles. The van der Waals surface area contributed by atoms with Gasteiger partial charge in [-0.25, -0.2) is 0 Å². The first-order valence-electron chi connectivity index (χ1n) is 6.07. The summed E-state index contributed by atoms with van der Waals surface area (Å²) in [6.07, 6.45) is 0.187. The zero-order valence-electron chi connectivity index (χ0n) is 11.1. The van der Waals surface area contributed by atoms with E-state index in [0.717, 1.165) is 0 Å². The van der Waals surface area contributed by atoms with Gasteiger partial charge >= 0.3 is 5.97 Å². The van der Waals surface area contributed by atoms with Crippen molar-refractivity contribution in [3.8, 4) is 0 Å². The smallest absolute Gasteiger partial charge is 0.311 e. The van der Waals surface area contributed by atoms with Crippen LogP contribution in [0.3, 0.4) is 0 Å². The van der Waals surface area contributed by atoms with E-state index in [4.69, 9.17) is 15.6 Å². The second-order valence-electron chi connectivity index (χ2n) is 5.83. The monoisotopic (exact) mass is 258 g/mol. The summed E-state index contributed by atoms with van der Waals surface area (Å²) in [6.45, 7) is 6.27. The van der Waals surface area contributed by atoms with Gasteiger partial charge < -0.3 is 20.9 Å².